The molecule has 5 aromatic rings. The van der Waals surface area contributed by atoms with E-state index in [1.807, 2.05) is 66.7 Å². The molecule has 0 spiro atoms. The van der Waals surface area contributed by atoms with Crippen molar-refractivity contribution < 1.29 is 10.0 Å². The number of hydrogen-bond donors (Lipinski definition) is 2. The van der Waals surface area contributed by atoms with E-state index in [-0.39, 0.29) is 28.6 Å². The average molecular weight is 590 g/mol. The molecule has 0 atom stereocenters. The van der Waals surface area contributed by atoms with Crippen molar-refractivity contribution in [2.75, 3.05) is 0 Å². The molecular formula is C25H21BCl4N6O2. The standard InChI is InChI=1S/C15H10ClN3.C6H7BO2.C3Cl3N3.CH4/c16-15-18-13(11-7-3-1-4-8-11)17-14(19-15)12-9-5-2-6-10-12;8-7(9)6-4-2-1-3-5-6;4-1-7-2(5)9-3(6)8-1;/h1-10H;1-5,8-9H;;1H4. The molecule has 2 aromatic heterocycles. The van der Waals surface area contributed by atoms with Crippen molar-refractivity contribution in [2.24, 2.45) is 0 Å². The fraction of sp³-hybridized carbons (Fsp3) is 0.0400. The topological polar surface area (TPSA) is 118 Å². The van der Waals surface area contributed by atoms with Crippen LogP contribution in [-0.2, 0) is 0 Å². The van der Waals surface area contributed by atoms with E-state index in [0.717, 1.165) is 11.1 Å². The number of nitrogens with zero attached hydrogens (tertiary/aromatic N) is 6. The molecule has 5 rings (SSSR count). The van der Waals surface area contributed by atoms with Gasteiger partial charge in [0.25, 0.3) is 0 Å². The van der Waals surface area contributed by atoms with Crippen LogP contribution in [0.5, 0.6) is 0 Å². The lowest BCUT2D eigenvalue weighted by Crippen LogP contribution is -2.29. The molecule has 2 N–H and O–H groups in total. The van der Waals surface area contributed by atoms with Gasteiger partial charge in [0.1, 0.15) is 0 Å². The number of hydrogen-bond acceptors (Lipinski definition) is 8. The first-order chi connectivity index (χ1) is 17.8. The third-order valence-electron chi connectivity index (χ3n) is 4.32. The molecule has 0 fully saturated rings. The molecule has 0 radical (unpaired) electrons. The lowest BCUT2D eigenvalue weighted by atomic mass is 9.81. The molecule has 194 valence electrons. The Labute approximate surface area is 240 Å². The van der Waals surface area contributed by atoms with E-state index in [9.17, 15) is 0 Å². The highest BCUT2D eigenvalue weighted by Crippen LogP contribution is 2.21. The first kappa shape index (κ1) is 31.0. The lowest BCUT2D eigenvalue weighted by Gasteiger charge is -2.04. The van der Waals surface area contributed by atoms with Gasteiger partial charge in [0, 0.05) is 11.1 Å². The lowest BCUT2D eigenvalue weighted by molar-refractivity contribution is 0.426. The summed E-state index contributed by atoms with van der Waals surface area (Å²) < 4.78 is 0. The molecule has 0 bridgehead atoms. The number of aromatic nitrogens is 6. The van der Waals surface area contributed by atoms with Crippen LogP contribution in [0.1, 0.15) is 7.43 Å². The first-order valence-electron chi connectivity index (χ1n) is 10.5. The molecule has 0 aliphatic heterocycles. The van der Waals surface area contributed by atoms with Crippen LogP contribution in [-0.4, -0.2) is 47.1 Å². The summed E-state index contributed by atoms with van der Waals surface area (Å²) >= 11 is 21.9. The molecule has 2 heterocycles. The summed E-state index contributed by atoms with van der Waals surface area (Å²) in [5.41, 5.74) is 2.37. The van der Waals surface area contributed by atoms with Gasteiger partial charge in [0.05, 0.1) is 0 Å². The predicted molar refractivity (Wildman–Crippen MR) is 154 cm³/mol. The first-order valence-corrected chi connectivity index (χ1v) is 12.0. The summed E-state index contributed by atoms with van der Waals surface area (Å²) in [6.45, 7) is 0. The molecule has 0 aliphatic rings. The molecule has 3 aromatic carbocycles. The molecule has 0 amide bonds. The summed E-state index contributed by atoms with van der Waals surface area (Å²) in [5, 5.41) is 17.4. The van der Waals surface area contributed by atoms with Crippen LogP contribution < -0.4 is 5.46 Å². The molecule has 0 saturated carbocycles. The minimum Gasteiger partial charge on any atom is -0.423 e. The van der Waals surface area contributed by atoms with Crippen molar-refractivity contribution >= 4 is 59.0 Å². The second-order valence-corrected chi connectivity index (χ2v) is 8.26. The zero-order chi connectivity index (χ0) is 26.6. The van der Waals surface area contributed by atoms with Gasteiger partial charge in [-0.15, -0.1) is 0 Å². The van der Waals surface area contributed by atoms with Crippen molar-refractivity contribution in [1.29, 1.82) is 0 Å². The fourth-order valence-corrected chi connectivity index (χ4v) is 3.48. The van der Waals surface area contributed by atoms with Crippen LogP contribution in [0.2, 0.25) is 21.1 Å². The molecule has 8 nitrogen and oxygen atoms in total. The summed E-state index contributed by atoms with van der Waals surface area (Å²) in [4.78, 5) is 23.2. The van der Waals surface area contributed by atoms with Crippen molar-refractivity contribution in [1.82, 2.24) is 29.9 Å². The van der Waals surface area contributed by atoms with Gasteiger partial charge < -0.3 is 10.0 Å². The third-order valence-corrected chi connectivity index (χ3v) is 5.00. The van der Waals surface area contributed by atoms with Crippen molar-refractivity contribution in [3.8, 4) is 22.8 Å². The zero-order valence-corrected chi connectivity index (χ0v) is 21.9. The van der Waals surface area contributed by atoms with Crippen LogP contribution in [0, 0.1) is 0 Å². The normalized spacial score (nSPS) is 9.63. The van der Waals surface area contributed by atoms with Gasteiger partial charge in [-0.3, -0.25) is 0 Å². The van der Waals surface area contributed by atoms with Crippen molar-refractivity contribution in [2.45, 2.75) is 7.43 Å². The Morgan fingerprint density at radius 3 is 1.08 bits per heavy atom. The van der Waals surface area contributed by atoms with E-state index in [1.165, 1.54) is 0 Å². The average Bonchev–Trinajstić information content (AvgIpc) is 2.90. The maximum absolute atomic E-state index is 8.58. The van der Waals surface area contributed by atoms with Crippen LogP contribution in [0.4, 0.5) is 0 Å². The number of benzene rings is 3. The Morgan fingerprint density at radius 2 is 0.763 bits per heavy atom. The van der Waals surface area contributed by atoms with E-state index < -0.39 is 7.12 Å². The highest BCUT2D eigenvalue weighted by Gasteiger charge is 2.09. The second-order valence-electron chi connectivity index (χ2n) is 6.91. The predicted octanol–water partition coefficient (Wildman–Crippen LogP) is 5.69. The van der Waals surface area contributed by atoms with Crippen molar-refractivity contribution in [3.63, 3.8) is 0 Å². The SMILES string of the molecule is C.Clc1nc(-c2ccccc2)nc(-c2ccccc2)n1.Clc1nc(Cl)nc(Cl)n1.OB(O)c1ccccc1. The Bertz CT molecular complexity index is 1300. The van der Waals surface area contributed by atoms with Gasteiger partial charge in [-0.25, -0.2) is 4.98 Å². The second kappa shape index (κ2) is 15.9. The molecule has 0 saturated heterocycles. The molecule has 13 heteroatoms. The Kier molecular flexibility index (Phi) is 13.0. The van der Waals surface area contributed by atoms with Gasteiger partial charge in [-0.05, 0) is 51.9 Å². The fourth-order valence-electron chi connectivity index (χ4n) is 2.71. The van der Waals surface area contributed by atoms with E-state index in [1.54, 1.807) is 24.3 Å². The maximum Gasteiger partial charge on any atom is 0.488 e. The Balaban J connectivity index is 0.000000224. The largest absolute Gasteiger partial charge is 0.488 e. The summed E-state index contributed by atoms with van der Waals surface area (Å²) in [6.07, 6.45) is 0. The summed E-state index contributed by atoms with van der Waals surface area (Å²) in [7, 11) is -1.34. The minimum absolute atomic E-state index is 0. The van der Waals surface area contributed by atoms with Gasteiger partial charge in [-0.2, -0.15) is 24.9 Å². The Hall–Kier alpha value is -3.18. The third kappa shape index (κ3) is 10.3. The molecule has 0 unspecified atom stereocenters. The van der Waals surface area contributed by atoms with E-state index in [2.05, 4.69) is 29.9 Å². The highest BCUT2D eigenvalue weighted by atomic mass is 35.5. The van der Waals surface area contributed by atoms with Crippen LogP contribution in [0.25, 0.3) is 22.8 Å². The molecule has 38 heavy (non-hydrogen) atoms. The van der Waals surface area contributed by atoms with E-state index >= 15 is 0 Å². The number of rotatable bonds is 3. The monoisotopic (exact) mass is 588 g/mol. The summed E-state index contributed by atoms with van der Waals surface area (Å²) in [5.74, 6) is 1.17. The number of halogens is 4. The molecule has 0 aliphatic carbocycles. The van der Waals surface area contributed by atoms with Gasteiger partial charge in [0.2, 0.25) is 21.1 Å². The van der Waals surface area contributed by atoms with E-state index in [0.29, 0.717) is 17.1 Å². The zero-order valence-electron chi connectivity index (χ0n) is 18.8. The van der Waals surface area contributed by atoms with Crippen LogP contribution in [0.3, 0.4) is 0 Å². The van der Waals surface area contributed by atoms with Gasteiger partial charge in [-0.1, -0.05) is 98.4 Å². The van der Waals surface area contributed by atoms with Crippen LogP contribution >= 0.6 is 46.4 Å². The Morgan fingerprint density at radius 1 is 0.447 bits per heavy atom. The van der Waals surface area contributed by atoms with Crippen molar-refractivity contribution in [3.05, 3.63) is 112 Å². The van der Waals surface area contributed by atoms with Gasteiger partial charge >= 0.3 is 7.12 Å². The van der Waals surface area contributed by atoms with E-state index in [4.69, 9.17) is 56.5 Å². The smallest absolute Gasteiger partial charge is 0.423 e. The quantitative estimate of drug-likeness (QED) is 0.258. The maximum atomic E-state index is 8.58. The molecular weight excluding hydrogens is 569 g/mol. The summed E-state index contributed by atoms with van der Waals surface area (Å²) in [6, 6.07) is 28.1. The van der Waals surface area contributed by atoms with Gasteiger partial charge in [0.15, 0.2) is 11.6 Å². The van der Waals surface area contributed by atoms with Crippen LogP contribution in [0.15, 0.2) is 91.0 Å². The highest BCUT2D eigenvalue weighted by molar-refractivity contribution is 6.58. The minimum atomic E-state index is -1.34.